The van der Waals surface area contributed by atoms with Gasteiger partial charge in [0.15, 0.2) is 0 Å². The Balaban J connectivity index is 1.30. The number of aryl methyl sites for hydroxylation is 2. The second-order valence-corrected chi connectivity index (χ2v) is 15.7. The SMILES string of the molecule is CCc1cc(Cl)c(C2CC2)c(-c2nc3c4c(nc(OC[C@@]56CCCCC5CCC[C@H](F)C6)nc4c2CC)N2C[C@@H](CC)NC[C@H]2CO3)c1. The van der Waals surface area contributed by atoms with E-state index in [2.05, 4.69) is 43.1 Å². The summed E-state index contributed by atoms with van der Waals surface area (Å²) in [7, 11) is 0. The van der Waals surface area contributed by atoms with Gasteiger partial charge < -0.3 is 19.7 Å². The molecule has 5 aliphatic rings. The average Bonchev–Trinajstić information content (AvgIpc) is 3.96. The van der Waals surface area contributed by atoms with Gasteiger partial charge in [0.2, 0.25) is 5.88 Å². The molecule has 0 radical (unpaired) electrons. The Kier molecular flexibility index (Phi) is 8.94. The van der Waals surface area contributed by atoms with Gasteiger partial charge in [-0.25, -0.2) is 9.37 Å². The summed E-state index contributed by atoms with van der Waals surface area (Å²) < 4.78 is 28.6. The number of halogens is 2. The smallest absolute Gasteiger partial charge is 0.318 e. The zero-order valence-electron chi connectivity index (χ0n) is 28.9. The van der Waals surface area contributed by atoms with Crippen molar-refractivity contribution in [2.24, 2.45) is 11.3 Å². The van der Waals surface area contributed by atoms with Gasteiger partial charge in [-0.2, -0.15) is 9.97 Å². The molecule has 4 heterocycles. The molecule has 3 aliphatic carbocycles. The van der Waals surface area contributed by atoms with Crippen molar-refractivity contribution in [1.82, 2.24) is 20.3 Å². The minimum atomic E-state index is -0.766. The number of aromatic nitrogens is 3. The Morgan fingerprint density at radius 1 is 1.04 bits per heavy atom. The van der Waals surface area contributed by atoms with Crippen molar-refractivity contribution in [2.45, 2.75) is 128 Å². The number of rotatable bonds is 8. The van der Waals surface area contributed by atoms with Crippen LogP contribution in [-0.2, 0) is 12.8 Å². The predicted octanol–water partition coefficient (Wildman–Crippen LogP) is 8.76. The minimum Gasteiger partial charge on any atom is -0.475 e. The first-order valence-corrected chi connectivity index (χ1v) is 19.3. The van der Waals surface area contributed by atoms with Gasteiger partial charge in [-0.15, -0.1) is 0 Å². The topological polar surface area (TPSA) is 72.4 Å². The summed E-state index contributed by atoms with van der Waals surface area (Å²) in [5, 5.41) is 5.42. The summed E-state index contributed by atoms with van der Waals surface area (Å²) in [4.78, 5) is 18.2. The number of nitrogens with zero attached hydrogens (tertiary/aromatic N) is 4. The zero-order chi connectivity index (χ0) is 33.0. The molecule has 2 aromatic heterocycles. The fourth-order valence-corrected chi connectivity index (χ4v) is 9.78. The first-order chi connectivity index (χ1) is 23.4. The highest BCUT2D eigenvalue weighted by molar-refractivity contribution is 6.32. The summed E-state index contributed by atoms with van der Waals surface area (Å²) in [6.07, 6.45) is 12.0. The van der Waals surface area contributed by atoms with Crippen LogP contribution < -0.4 is 19.7 Å². The zero-order valence-corrected chi connectivity index (χ0v) is 29.7. The van der Waals surface area contributed by atoms with Crippen LogP contribution in [0, 0.1) is 11.3 Å². The van der Waals surface area contributed by atoms with E-state index >= 15 is 4.39 Å². The highest BCUT2D eigenvalue weighted by Gasteiger charge is 2.45. The van der Waals surface area contributed by atoms with Crippen LogP contribution in [-0.4, -0.2) is 59.5 Å². The number of ether oxygens (including phenoxy) is 2. The van der Waals surface area contributed by atoms with Crippen LogP contribution in [0.5, 0.6) is 11.9 Å². The second-order valence-electron chi connectivity index (χ2n) is 15.3. The molecule has 4 fully saturated rings. The maximum atomic E-state index is 15.2. The molecule has 1 unspecified atom stereocenters. The number of anilines is 1. The summed E-state index contributed by atoms with van der Waals surface area (Å²) in [5.41, 5.74) is 6.19. The second kappa shape index (κ2) is 13.2. The van der Waals surface area contributed by atoms with E-state index in [-0.39, 0.29) is 11.5 Å². The van der Waals surface area contributed by atoms with Crippen LogP contribution in [0.25, 0.3) is 22.2 Å². The number of pyridine rings is 1. The Labute approximate surface area is 289 Å². The number of hydrogen-bond donors (Lipinski definition) is 1. The molecule has 7 nitrogen and oxygen atoms in total. The molecule has 3 saturated carbocycles. The lowest BCUT2D eigenvalue weighted by Crippen LogP contribution is -2.58. The van der Waals surface area contributed by atoms with Crippen LogP contribution in [0.3, 0.4) is 0 Å². The normalized spacial score (nSPS) is 28.6. The lowest BCUT2D eigenvalue weighted by atomic mass is 9.64. The fourth-order valence-electron chi connectivity index (χ4n) is 9.38. The van der Waals surface area contributed by atoms with Crippen LogP contribution in [0.4, 0.5) is 10.2 Å². The molecule has 1 saturated heterocycles. The van der Waals surface area contributed by atoms with Crippen molar-refractivity contribution >= 4 is 28.3 Å². The molecule has 9 heteroatoms. The molecular weight excluding hydrogens is 625 g/mol. The van der Waals surface area contributed by atoms with Crippen molar-refractivity contribution in [2.75, 3.05) is 31.2 Å². The maximum Gasteiger partial charge on any atom is 0.318 e. The van der Waals surface area contributed by atoms with Crippen LogP contribution >= 0.6 is 11.6 Å². The number of benzene rings is 1. The quantitative estimate of drug-likeness (QED) is 0.256. The standard InChI is InChI=1S/C39H51ClFN5O2/c1-4-23-16-30(32(24-13-14-24)31(40)17-23)34-29(6-3)35-33-36(46-20-27(5-2)42-19-28(46)21-47-37(33)43-34)45-38(44-35)48-22-39-15-8-7-10-25(39)11-9-12-26(41)18-39/h16-17,24-28,42H,4-15,18-22H2,1-3H3/t25?,26-,27+,28-,39-/m0/s1. The largest absolute Gasteiger partial charge is 0.475 e. The molecular formula is C39H51ClFN5O2. The van der Waals surface area contributed by atoms with E-state index < -0.39 is 6.17 Å². The summed E-state index contributed by atoms with van der Waals surface area (Å²) >= 11 is 7.03. The maximum absolute atomic E-state index is 15.2. The van der Waals surface area contributed by atoms with Gasteiger partial charge in [0.05, 0.1) is 23.9 Å². The lowest BCUT2D eigenvalue weighted by Gasteiger charge is -2.43. The highest BCUT2D eigenvalue weighted by Crippen LogP contribution is 2.52. The third-order valence-electron chi connectivity index (χ3n) is 12.3. The van der Waals surface area contributed by atoms with Crippen LogP contribution in [0.15, 0.2) is 12.1 Å². The van der Waals surface area contributed by atoms with E-state index in [1.807, 2.05) is 0 Å². The van der Waals surface area contributed by atoms with Crippen molar-refractivity contribution in [1.29, 1.82) is 0 Å². The first kappa shape index (κ1) is 32.5. The van der Waals surface area contributed by atoms with Gasteiger partial charge in [0, 0.05) is 40.7 Å². The highest BCUT2D eigenvalue weighted by atomic mass is 35.5. The van der Waals surface area contributed by atoms with Crippen LogP contribution in [0.1, 0.15) is 114 Å². The van der Waals surface area contributed by atoms with Gasteiger partial charge in [-0.3, -0.25) is 0 Å². The van der Waals surface area contributed by atoms with E-state index in [1.165, 1.54) is 24.0 Å². The van der Waals surface area contributed by atoms with Crippen molar-refractivity contribution in [3.05, 3.63) is 33.8 Å². The Morgan fingerprint density at radius 2 is 1.90 bits per heavy atom. The third kappa shape index (κ3) is 5.82. The summed E-state index contributed by atoms with van der Waals surface area (Å²) in [6.45, 7) is 9.20. The van der Waals surface area contributed by atoms with E-state index in [0.29, 0.717) is 55.8 Å². The molecule has 2 aliphatic heterocycles. The van der Waals surface area contributed by atoms with Gasteiger partial charge in [0.25, 0.3) is 0 Å². The van der Waals surface area contributed by atoms with E-state index in [1.54, 1.807) is 0 Å². The van der Waals surface area contributed by atoms with Crippen molar-refractivity contribution in [3.63, 3.8) is 0 Å². The van der Waals surface area contributed by atoms with E-state index in [4.69, 9.17) is 36.0 Å². The van der Waals surface area contributed by atoms with E-state index in [9.17, 15) is 0 Å². The molecule has 1 N–H and O–H groups in total. The molecule has 0 spiro atoms. The number of alkyl halides is 1. The number of piperazine rings is 1. The molecule has 5 atom stereocenters. The number of hydrogen-bond acceptors (Lipinski definition) is 7. The first-order valence-electron chi connectivity index (χ1n) is 18.9. The molecule has 1 aromatic carbocycles. The molecule has 0 amide bonds. The van der Waals surface area contributed by atoms with Crippen molar-refractivity contribution in [3.8, 4) is 23.1 Å². The average molecular weight is 676 g/mol. The molecule has 48 heavy (non-hydrogen) atoms. The fraction of sp³-hybridized carbons (Fsp3) is 0.667. The summed E-state index contributed by atoms with van der Waals surface area (Å²) in [6, 6.07) is 5.27. The predicted molar refractivity (Wildman–Crippen MR) is 190 cm³/mol. The van der Waals surface area contributed by atoms with Gasteiger partial charge in [-0.1, -0.05) is 51.6 Å². The van der Waals surface area contributed by atoms with Gasteiger partial charge in [-0.05, 0) is 99.3 Å². The Hall–Kier alpha value is -2.71. The number of nitrogens with one attached hydrogen (secondary N) is 1. The summed E-state index contributed by atoms with van der Waals surface area (Å²) in [5.74, 6) is 2.39. The number of fused-ring (bicyclic) bond motifs is 3. The van der Waals surface area contributed by atoms with Gasteiger partial charge >= 0.3 is 6.01 Å². The molecule has 8 rings (SSSR count). The Morgan fingerprint density at radius 3 is 2.69 bits per heavy atom. The molecule has 3 aromatic rings. The van der Waals surface area contributed by atoms with E-state index in [0.717, 1.165) is 109 Å². The molecule has 258 valence electrons. The minimum absolute atomic E-state index is 0.108. The monoisotopic (exact) mass is 675 g/mol. The van der Waals surface area contributed by atoms with Gasteiger partial charge in [0.1, 0.15) is 24.0 Å². The Bertz CT molecular complexity index is 1680. The van der Waals surface area contributed by atoms with Crippen molar-refractivity contribution < 1.29 is 13.9 Å². The van der Waals surface area contributed by atoms with Crippen LogP contribution in [0.2, 0.25) is 5.02 Å². The lowest BCUT2D eigenvalue weighted by molar-refractivity contribution is 0.0102. The molecule has 0 bridgehead atoms. The third-order valence-corrected chi connectivity index (χ3v) is 12.6.